The van der Waals surface area contributed by atoms with E-state index in [0.29, 0.717) is 16.4 Å². The topological polar surface area (TPSA) is 74.0 Å². The normalized spacial score (nSPS) is 12.1. The van der Waals surface area contributed by atoms with Crippen LogP contribution in [0.3, 0.4) is 0 Å². The number of H-pyrrole nitrogens is 1. The minimum atomic E-state index is -0.348. The van der Waals surface area contributed by atoms with Gasteiger partial charge in [0.2, 0.25) is 11.8 Å². The molecule has 0 spiro atoms. The van der Waals surface area contributed by atoms with Gasteiger partial charge in [-0.2, -0.15) is 0 Å². The number of aromatic amines is 1. The number of aromatic nitrogens is 1. The molecule has 0 radical (unpaired) electrons. The highest BCUT2D eigenvalue weighted by Crippen LogP contribution is 2.30. The van der Waals surface area contributed by atoms with Gasteiger partial charge in [-0.05, 0) is 55.0 Å². The van der Waals surface area contributed by atoms with Gasteiger partial charge in [-0.1, -0.05) is 29.8 Å². The van der Waals surface area contributed by atoms with Crippen LogP contribution >= 0.6 is 11.6 Å². The van der Waals surface area contributed by atoms with Gasteiger partial charge in [0.15, 0.2) is 0 Å². The van der Waals surface area contributed by atoms with E-state index in [1.54, 1.807) is 24.3 Å². The summed E-state index contributed by atoms with van der Waals surface area (Å²) in [6, 6.07) is 18.8. The van der Waals surface area contributed by atoms with Crippen molar-refractivity contribution in [1.82, 2.24) is 4.98 Å². The van der Waals surface area contributed by atoms with E-state index in [1.165, 1.54) is 6.92 Å². The van der Waals surface area contributed by atoms with E-state index in [4.69, 9.17) is 11.6 Å². The van der Waals surface area contributed by atoms with Gasteiger partial charge in [-0.3, -0.25) is 9.59 Å². The first kappa shape index (κ1) is 19.0. The molecular formula is C23H20ClN3O2. The summed E-state index contributed by atoms with van der Waals surface area (Å²) in [5, 5.41) is 8.45. The van der Waals surface area contributed by atoms with Crippen LogP contribution in [0.5, 0.6) is 0 Å². The summed E-state index contributed by atoms with van der Waals surface area (Å²) in [6.45, 7) is 3.31. The lowest BCUT2D eigenvalue weighted by molar-refractivity contribution is -0.117. The van der Waals surface area contributed by atoms with Crippen molar-refractivity contribution in [3.63, 3.8) is 0 Å². The summed E-state index contributed by atoms with van der Waals surface area (Å²) in [5.74, 6) is -0.628. The Kier molecular flexibility index (Phi) is 4.99. The molecule has 0 aliphatic rings. The van der Waals surface area contributed by atoms with E-state index in [1.807, 2.05) is 43.3 Å². The van der Waals surface area contributed by atoms with Crippen LogP contribution in [-0.2, 0) is 9.59 Å². The SMILES string of the molecule is CC(=O)Nc1cccc(NC(=O)[C@@H](C)c2ccc3c(c2)[nH]c2ccc(Cl)cc23)c1. The Labute approximate surface area is 173 Å². The quantitative estimate of drug-likeness (QED) is 0.409. The first-order valence-electron chi connectivity index (χ1n) is 9.30. The number of anilines is 2. The van der Waals surface area contributed by atoms with Crippen molar-refractivity contribution < 1.29 is 9.59 Å². The molecule has 4 aromatic rings. The summed E-state index contributed by atoms with van der Waals surface area (Å²) in [7, 11) is 0. The van der Waals surface area contributed by atoms with Crippen LogP contribution in [0.4, 0.5) is 11.4 Å². The highest BCUT2D eigenvalue weighted by Gasteiger charge is 2.17. The summed E-state index contributed by atoms with van der Waals surface area (Å²) in [4.78, 5) is 27.4. The van der Waals surface area contributed by atoms with E-state index in [0.717, 1.165) is 27.4 Å². The molecule has 0 saturated carbocycles. The van der Waals surface area contributed by atoms with Crippen molar-refractivity contribution in [1.29, 1.82) is 0 Å². The number of hydrogen-bond acceptors (Lipinski definition) is 2. The van der Waals surface area contributed by atoms with E-state index >= 15 is 0 Å². The molecule has 4 rings (SSSR count). The zero-order valence-electron chi connectivity index (χ0n) is 16.0. The lowest BCUT2D eigenvalue weighted by Gasteiger charge is -2.13. The molecule has 0 aliphatic carbocycles. The second-order valence-corrected chi connectivity index (χ2v) is 7.53. The lowest BCUT2D eigenvalue weighted by Crippen LogP contribution is -2.19. The smallest absolute Gasteiger partial charge is 0.231 e. The number of carbonyl (C=O) groups excluding carboxylic acids is 2. The molecule has 5 nitrogen and oxygen atoms in total. The Morgan fingerprint density at radius 3 is 2.41 bits per heavy atom. The maximum absolute atomic E-state index is 12.8. The summed E-state index contributed by atoms with van der Waals surface area (Å²) in [6.07, 6.45) is 0. The van der Waals surface area contributed by atoms with Crippen LogP contribution in [0, 0.1) is 0 Å². The van der Waals surface area contributed by atoms with Gasteiger partial charge in [-0.25, -0.2) is 0 Å². The highest BCUT2D eigenvalue weighted by atomic mass is 35.5. The van der Waals surface area contributed by atoms with Crippen LogP contribution in [0.15, 0.2) is 60.7 Å². The summed E-state index contributed by atoms with van der Waals surface area (Å²) >= 11 is 6.13. The third kappa shape index (κ3) is 3.96. The molecule has 0 aliphatic heterocycles. The molecule has 0 fully saturated rings. The van der Waals surface area contributed by atoms with E-state index < -0.39 is 0 Å². The van der Waals surface area contributed by atoms with Crippen molar-refractivity contribution in [3.8, 4) is 0 Å². The minimum Gasteiger partial charge on any atom is -0.355 e. The minimum absolute atomic E-state index is 0.122. The number of carbonyl (C=O) groups is 2. The highest BCUT2D eigenvalue weighted by molar-refractivity contribution is 6.31. The third-order valence-corrected chi connectivity index (χ3v) is 5.16. The van der Waals surface area contributed by atoms with E-state index in [9.17, 15) is 9.59 Å². The van der Waals surface area contributed by atoms with Gasteiger partial charge < -0.3 is 15.6 Å². The fourth-order valence-corrected chi connectivity index (χ4v) is 3.61. The Bertz CT molecular complexity index is 1250. The predicted molar refractivity (Wildman–Crippen MR) is 119 cm³/mol. The van der Waals surface area contributed by atoms with Gasteiger partial charge in [-0.15, -0.1) is 0 Å². The molecule has 2 amide bonds. The number of amides is 2. The largest absolute Gasteiger partial charge is 0.355 e. The van der Waals surface area contributed by atoms with Gasteiger partial charge in [0.05, 0.1) is 5.92 Å². The van der Waals surface area contributed by atoms with Crippen LogP contribution < -0.4 is 10.6 Å². The van der Waals surface area contributed by atoms with Gasteiger partial charge >= 0.3 is 0 Å². The predicted octanol–water partition coefficient (Wildman–Crippen LogP) is 5.68. The van der Waals surface area contributed by atoms with E-state index in [2.05, 4.69) is 15.6 Å². The molecule has 0 unspecified atom stereocenters. The second-order valence-electron chi connectivity index (χ2n) is 7.09. The molecule has 29 heavy (non-hydrogen) atoms. The molecular weight excluding hydrogens is 386 g/mol. The molecule has 1 heterocycles. The van der Waals surface area contributed by atoms with Crippen molar-refractivity contribution in [3.05, 3.63) is 71.2 Å². The van der Waals surface area contributed by atoms with Crippen LogP contribution in [0.1, 0.15) is 25.3 Å². The molecule has 3 aromatic carbocycles. The van der Waals surface area contributed by atoms with Crippen LogP contribution in [0.25, 0.3) is 21.8 Å². The molecule has 0 saturated heterocycles. The first-order valence-corrected chi connectivity index (χ1v) is 9.68. The Balaban J connectivity index is 1.58. The third-order valence-electron chi connectivity index (χ3n) is 4.93. The number of halogens is 1. The van der Waals surface area contributed by atoms with Crippen molar-refractivity contribution in [2.45, 2.75) is 19.8 Å². The fourth-order valence-electron chi connectivity index (χ4n) is 3.44. The van der Waals surface area contributed by atoms with E-state index in [-0.39, 0.29) is 17.7 Å². The summed E-state index contributed by atoms with van der Waals surface area (Å²) < 4.78 is 0. The number of nitrogens with one attached hydrogen (secondary N) is 3. The van der Waals surface area contributed by atoms with Crippen LogP contribution in [-0.4, -0.2) is 16.8 Å². The zero-order valence-corrected chi connectivity index (χ0v) is 16.8. The van der Waals surface area contributed by atoms with Crippen LogP contribution in [0.2, 0.25) is 5.02 Å². The van der Waals surface area contributed by atoms with Gasteiger partial charge in [0.25, 0.3) is 0 Å². The average Bonchev–Trinajstić information content (AvgIpc) is 3.04. The molecule has 6 heteroatoms. The average molecular weight is 406 g/mol. The van der Waals surface area contributed by atoms with Crippen molar-refractivity contribution in [2.75, 3.05) is 10.6 Å². The molecule has 146 valence electrons. The Morgan fingerprint density at radius 2 is 1.66 bits per heavy atom. The standard InChI is InChI=1S/C23H20ClN3O2/c1-13(23(29)26-18-5-3-4-17(12-18)25-14(2)28)15-6-8-19-20-11-16(24)7-9-21(20)27-22(19)10-15/h3-13,27H,1-2H3,(H,25,28)(H,26,29)/t13-/m0/s1. The fraction of sp³-hybridized carbons (Fsp3) is 0.130. The summed E-state index contributed by atoms with van der Waals surface area (Å²) in [5.41, 5.74) is 4.15. The molecule has 1 atom stereocenters. The number of rotatable bonds is 4. The first-order chi connectivity index (χ1) is 13.9. The Hall–Kier alpha value is -3.31. The number of fused-ring (bicyclic) bond motifs is 3. The maximum atomic E-state index is 12.8. The second kappa shape index (κ2) is 7.60. The maximum Gasteiger partial charge on any atom is 0.231 e. The number of hydrogen-bond donors (Lipinski definition) is 3. The lowest BCUT2D eigenvalue weighted by atomic mass is 9.98. The molecule has 3 N–H and O–H groups in total. The Morgan fingerprint density at radius 1 is 0.897 bits per heavy atom. The molecule has 0 bridgehead atoms. The zero-order chi connectivity index (χ0) is 20.5. The molecule has 1 aromatic heterocycles. The van der Waals surface area contributed by atoms with Gasteiger partial charge in [0, 0.05) is 45.1 Å². The van der Waals surface area contributed by atoms with Gasteiger partial charge in [0.1, 0.15) is 0 Å². The van der Waals surface area contributed by atoms with Crippen molar-refractivity contribution in [2.24, 2.45) is 0 Å². The van der Waals surface area contributed by atoms with Crippen molar-refractivity contribution >= 4 is 56.6 Å². The monoisotopic (exact) mass is 405 g/mol. The number of benzene rings is 3.